The molecule has 16 heavy (non-hydrogen) atoms. The molecule has 0 N–H and O–H groups in total. The Labute approximate surface area is 92.7 Å². The largest absolute Gasteiger partial charge is 0.433 e. The number of azide groups is 1. The summed E-state index contributed by atoms with van der Waals surface area (Å²) in [6.45, 7) is -0.227. The average Bonchev–Trinajstić information content (AvgIpc) is 2.24. The van der Waals surface area contributed by atoms with Crippen molar-refractivity contribution in [3.8, 4) is 0 Å². The van der Waals surface area contributed by atoms with E-state index >= 15 is 0 Å². The van der Waals surface area contributed by atoms with E-state index in [-0.39, 0.29) is 17.4 Å². The van der Waals surface area contributed by atoms with Crippen molar-refractivity contribution >= 4 is 11.8 Å². The second-order valence-corrected chi connectivity index (χ2v) is 3.39. The highest BCUT2D eigenvalue weighted by molar-refractivity contribution is 7.98. The number of hydrogen-bond donors (Lipinski definition) is 0. The van der Waals surface area contributed by atoms with Crippen LogP contribution in [0.15, 0.2) is 16.3 Å². The van der Waals surface area contributed by atoms with Crippen LogP contribution in [0.5, 0.6) is 0 Å². The van der Waals surface area contributed by atoms with Crippen LogP contribution >= 0.6 is 11.8 Å². The Balaban J connectivity index is 3.15. The van der Waals surface area contributed by atoms with Gasteiger partial charge in [0.15, 0.2) is 5.16 Å². The van der Waals surface area contributed by atoms with E-state index in [0.717, 1.165) is 17.8 Å². The lowest BCUT2D eigenvalue weighted by Gasteiger charge is -2.08. The number of aromatic nitrogens is 2. The maximum atomic E-state index is 12.4. The van der Waals surface area contributed by atoms with Gasteiger partial charge in [0.2, 0.25) is 0 Å². The van der Waals surface area contributed by atoms with E-state index in [1.807, 2.05) is 0 Å². The molecule has 1 rings (SSSR count). The van der Waals surface area contributed by atoms with Crippen LogP contribution in [-0.2, 0) is 12.7 Å². The van der Waals surface area contributed by atoms with Gasteiger partial charge in [0, 0.05) is 4.91 Å². The van der Waals surface area contributed by atoms with Crippen LogP contribution in [0.2, 0.25) is 0 Å². The summed E-state index contributed by atoms with van der Waals surface area (Å²) in [6, 6.07) is 0.772. The first-order valence-corrected chi connectivity index (χ1v) is 5.20. The number of alkyl halides is 3. The highest BCUT2D eigenvalue weighted by Gasteiger charge is 2.33. The monoisotopic (exact) mass is 249 g/mol. The zero-order chi connectivity index (χ0) is 12.2. The zero-order valence-electron chi connectivity index (χ0n) is 8.06. The molecule has 0 bridgehead atoms. The molecule has 0 aliphatic carbocycles. The Hall–Kier alpha value is -1.47. The Morgan fingerprint density at radius 2 is 2.19 bits per heavy atom. The van der Waals surface area contributed by atoms with Crippen molar-refractivity contribution < 1.29 is 13.2 Å². The molecule has 5 nitrogen and oxygen atoms in total. The lowest BCUT2D eigenvalue weighted by atomic mass is 10.3. The highest BCUT2D eigenvalue weighted by atomic mass is 32.2. The van der Waals surface area contributed by atoms with Gasteiger partial charge in [-0.15, -0.1) is 0 Å². The molecule has 0 unspecified atom stereocenters. The molecule has 1 heterocycles. The van der Waals surface area contributed by atoms with Crippen LogP contribution in [0.3, 0.4) is 0 Å². The third kappa shape index (κ3) is 3.28. The summed E-state index contributed by atoms with van der Waals surface area (Å²) in [5, 5.41) is 3.15. The van der Waals surface area contributed by atoms with Gasteiger partial charge in [-0.05, 0) is 17.9 Å². The number of nitrogens with zero attached hydrogens (tertiary/aromatic N) is 5. The summed E-state index contributed by atoms with van der Waals surface area (Å²) >= 11 is 0.990. The molecule has 0 fully saturated rings. The van der Waals surface area contributed by atoms with Gasteiger partial charge >= 0.3 is 6.18 Å². The molecular weight excluding hydrogens is 243 g/mol. The molecule has 0 saturated carbocycles. The number of rotatable bonds is 3. The van der Waals surface area contributed by atoms with Crippen molar-refractivity contribution in [1.82, 2.24) is 9.97 Å². The number of thioether (sulfide) groups is 1. The third-order valence-corrected chi connectivity index (χ3v) is 2.08. The second kappa shape index (κ2) is 5.04. The molecule has 0 saturated heterocycles. The number of hydrogen-bond acceptors (Lipinski definition) is 4. The summed E-state index contributed by atoms with van der Waals surface area (Å²) in [7, 11) is 0. The van der Waals surface area contributed by atoms with Crippen molar-refractivity contribution in [2.75, 3.05) is 6.26 Å². The maximum Gasteiger partial charge on any atom is 0.433 e. The fraction of sp³-hybridized carbons (Fsp3) is 0.429. The van der Waals surface area contributed by atoms with Crippen LogP contribution < -0.4 is 0 Å². The minimum Gasteiger partial charge on any atom is -0.227 e. The van der Waals surface area contributed by atoms with E-state index in [1.54, 1.807) is 6.26 Å². The van der Waals surface area contributed by atoms with E-state index < -0.39 is 11.9 Å². The smallest absolute Gasteiger partial charge is 0.227 e. The van der Waals surface area contributed by atoms with Gasteiger partial charge in [0.05, 0.1) is 12.2 Å². The van der Waals surface area contributed by atoms with E-state index in [1.165, 1.54) is 0 Å². The normalized spacial score (nSPS) is 11.0. The topological polar surface area (TPSA) is 74.5 Å². The van der Waals surface area contributed by atoms with Crippen LogP contribution in [0.1, 0.15) is 11.4 Å². The van der Waals surface area contributed by atoms with Crippen molar-refractivity contribution in [3.05, 3.63) is 27.9 Å². The first kappa shape index (κ1) is 12.6. The molecule has 0 atom stereocenters. The standard InChI is InChI=1S/C7H6F3N5S/c1-16-6-13-4(3-12-15-11)2-5(14-6)7(8,9)10/h2H,3H2,1H3. The average molecular weight is 249 g/mol. The van der Waals surface area contributed by atoms with Gasteiger partial charge in [-0.2, -0.15) is 13.2 Å². The molecule has 0 aliphatic heterocycles. The molecule has 0 aromatic carbocycles. The predicted octanol–water partition coefficient (Wildman–Crippen LogP) is 3.03. The highest BCUT2D eigenvalue weighted by Crippen LogP contribution is 2.29. The lowest BCUT2D eigenvalue weighted by molar-refractivity contribution is -0.141. The Bertz CT molecular complexity index is 427. The fourth-order valence-electron chi connectivity index (χ4n) is 0.895. The molecule has 9 heteroatoms. The van der Waals surface area contributed by atoms with Crippen molar-refractivity contribution in [1.29, 1.82) is 0 Å². The second-order valence-electron chi connectivity index (χ2n) is 2.62. The molecule has 0 spiro atoms. The van der Waals surface area contributed by atoms with Crippen LogP contribution in [0, 0.1) is 0 Å². The van der Waals surface area contributed by atoms with Gasteiger partial charge in [-0.25, -0.2) is 9.97 Å². The van der Waals surface area contributed by atoms with E-state index in [9.17, 15) is 13.2 Å². The third-order valence-electron chi connectivity index (χ3n) is 1.53. The van der Waals surface area contributed by atoms with Crippen LogP contribution in [-0.4, -0.2) is 16.2 Å². The molecule has 86 valence electrons. The first-order chi connectivity index (χ1) is 7.47. The summed E-state index contributed by atoms with van der Waals surface area (Å²) in [5.41, 5.74) is 7.08. The zero-order valence-corrected chi connectivity index (χ0v) is 8.88. The van der Waals surface area contributed by atoms with Crippen molar-refractivity contribution in [3.63, 3.8) is 0 Å². The van der Waals surface area contributed by atoms with Crippen LogP contribution in [0.4, 0.5) is 13.2 Å². The van der Waals surface area contributed by atoms with E-state index in [2.05, 4.69) is 20.0 Å². The van der Waals surface area contributed by atoms with Gasteiger partial charge < -0.3 is 0 Å². The SMILES string of the molecule is CSc1nc(CN=[N+]=[N-])cc(C(F)(F)F)n1. The molecule has 1 aromatic rings. The van der Waals surface area contributed by atoms with Gasteiger partial charge in [-0.1, -0.05) is 16.9 Å². The molecule has 0 amide bonds. The van der Waals surface area contributed by atoms with Gasteiger partial charge in [0.25, 0.3) is 0 Å². The predicted molar refractivity (Wildman–Crippen MR) is 51.7 cm³/mol. The Kier molecular flexibility index (Phi) is 3.97. The van der Waals surface area contributed by atoms with E-state index in [4.69, 9.17) is 5.53 Å². The number of halogens is 3. The molecule has 1 aromatic heterocycles. The van der Waals surface area contributed by atoms with Crippen molar-refractivity contribution in [2.24, 2.45) is 5.11 Å². The van der Waals surface area contributed by atoms with Gasteiger partial charge in [0.1, 0.15) is 5.69 Å². The maximum absolute atomic E-state index is 12.4. The molecular formula is C7H6F3N5S. The Morgan fingerprint density at radius 3 is 2.69 bits per heavy atom. The lowest BCUT2D eigenvalue weighted by Crippen LogP contribution is -2.10. The quantitative estimate of drug-likeness (QED) is 0.271. The minimum atomic E-state index is -4.53. The van der Waals surface area contributed by atoms with Crippen molar-refractivity contribution in [2.45, 2.75) is 17.9 Å². The van der Waals surface area contributed by atoms with E-state index in [0.29, 0.717) is 0 Å². The minimum absolute atomic E-state index is 0.00188. The molecule has 0 aliphatic rings. The molecule has 0 radical (unpaired) electrons. The van der Waals surface area contributed by atoms with Crippen LogP contribution in [0.25, 0.3) is 10.4 Å². The fourth-order valence-corrected chi connectivity index (χ4v) is 1.29. The Morgan fingerprint density at radius 1 is 1.50 bits per heavy atom. The van der Waals surface area contributed by atoms with Gasteiger partial charge in [-0.3, -0.25) is 0 Å². The summed E-state index contributed by atoms with van der Waals surface area (Å²) in [4.78, 5) is 9.57. The first-order valence-electron chi connectivity index (χ1n) is 3.97. The summed E-state index contributed by atoms with van der Waals surface area (Å²) in [6.07, 6.45) is -2.97. The summed E-state index contributed by atoms with van der Waals surface area (Å²) < 4.78 is 37.2. The summed E-state index contributed by atoms with van der Waals surface area (Å²) in [5.74, 6) is 0.